The van der Waals surface area contributed by atoms with Gasteiger partial charge < -0.3 is 23.7 Å². The van der Waals surface area contributed by atoms with Gasteiger partial charge in [0, 0.05) is 6.42 Å². The highest BCUT2D eigenvalue weighted by Gasteiger charge is 2.67. The van der Waals surface area contributed by atoms with E-state index in [1.54, 1.807) is 0 Å². The molecule has 1 unspecified atom stereocenters. The first-order valence-electron chi connectivity index (χ1n) is 10.7. The van der Waals surface area contributed by atoms with Gasteiger partial charge in [0.2, 0.25) is 5.79 Å². The first kappa shape index (κ1) is 35.6. The quantitative estimate of drug-likeness (QED) is 0.167. The van der Waals surface area contributed by atoms with Gasteiger partial charge in [-0.1, -0.05) is 0 Å². The summed E-state index contributed by atoms with van der Waals surface area (Å²) in [7, 11) is -6.35. The minimum Gasteiger partial charge on any atom is -0.460 e. The fraction of sp³-hybridized carbons (Fsp3) is 0.833. The molecular weight excluding hydrogens is 652 g/mol. The smallest absolute Gasteiger partial charge is 0.460 e. The topological polar surface area (TPSA) is 152 Å². The lowest BCUT2D eigenvalue weighted by Crippen LogP contribution is -2.59. The second kappa shape index (κ2) is 11.2. The molecule has 11 nitrogen and oxygen atoms in total. The summed E-state index contributed by atoms with van der Waals surface area (Å²) in [5, 5.41) is -5.51. The number of carbonyl (C=O) groups excluding carboxylic acids is 3. The minimum absolute atomic E-state index is 0.123. The predicted octanol–water partition coefficient (Wildman–Crippen LogP) is 2.77. The molecule has 2 rings (SSSR count). The molecule has 0 radical (unpaired) electrons. The van der Waals surface area contributed by atoms with E-state index in [0.29, 0.717) is 0 Å². The van der Waals surface area contributed by atoms with Gasteiger partial charge in [0.1, 0.15) is 13.2 Å². The highest BCUT2D eigenvalue weighted by Crippen LogP contribution is 2.45. The summed E-state index contributed by atoms with van der Waals surface area (Å²) in [5.41, 5.74) is -2.60. The Bertz CT molecular complexity index is 1110. The lowest BCUT2D eigenvalue weighted by molar-refractivity contribution is -0.340. The van der Waals surface area contributed by atoms with Crippen molar-refractivity contribution in [2.45, 2.75) is 60.6 Å². The molecule has 1 N–H and O–H groups in total. The molecule has 0 aromatic rings. The van der Waals surface area contributed by atoms with Crippen LogP contribution < -0.4 is 0 Å². The van der Waals surface area contributed by atoms with Gasteiger partial charge in [-0.2, -0.15) is 61.1 Å². The van der Waals surface area contributed by atoms with Crippen molar-refractivity contribution in [1.29, 1.82) is 0 Å². The second-order valence-corrected chi connectivity index (χ2v) is 10.4. The van der Waals surface area contributed by atoms with E-state index in [1.165, 1.54) is 0 Å². The van der Waals surface area contributed by atoms with Crippen molar-refractivity contribution in [2.75, 3.05) is 26.4 Å². The second-order valence-electron chi connectivity index (χ2n) is 8.96. The van der Waals surface area contributed by atoms with Crippen LogP contribution in [0.2, 0.25) is 0 Å². The van der Waals surface area contributed by atoms with E-state index in [9.17, 15) is 75.5 Å². The molecule has 24 heteroatoms. The molecule has 244 valence electrons. The first-order chi connectivity index (χ1) is 18.7. The molecule has 1 aliphatic heterocycles. The summed E-state index contributed by atoms with van der Waals surface area (Å²) in [5.74, 6) is -24.1. The molecule has 1 heterocycles. The molecule has 2 aliphatic rings. The van der Waals surface area contributed by atoms with Gasteiger partial charge in [0.15, 0.2) is 6.10 Å². The Morgan fingerprint density at radius 3 is 1.52 bits per heavy atom. The van der Waals surface area contributed by atoms with Crippen molar-refractivity contribution in [2.24, 2.45) is 5.41 Å². The Morgan fingerprint density at radius 2 is 1.17 bits per heavy atom. The van der Waals surface area contributed by atoms with Gasteiger partial charge in [0.05, 0.1) is 18.6 Å². The summed E-state index contributed by atoms with van der Waals surface area (Å²) in [4.78, 5) is 34.4. The molecule has 1 aliphatic carbocycles. The Morgan fingerprint density at radius 1 is 0.762 bits per heavy atom. The SMILES string of the molecule is O=C(OCC1(COC(=O)C(F)(F)C(F)(F)F)COC2(CCCC2OC(=O)C(F)(F)S(=O)(=O)O)OC1)C(F)(F)C(F)(F)F. The van der Waals surface area contributed by atoms with Crippen LogP contribution in [0.3, 0.4) is 0 Å². The molecule has 2 fully saturated rings. The number of ether oxygens (including phenoxy) is 5. The standard InChI is InChI=1S/C18H16F12O11S/c19-14(20,17(25,26)27)9(31)37-4-12(5-38-10(32)15(21,22)18(28,29)30)6-39-13(40-7-12)3-1-2-8(13)41-11(33)16(23,24)42(34,35)36/h8H,1-7H2,(H,34,35,36). The summed E-state index contributed by atoms with van der Waals surface area (Å²) < 4.78 is 207. The third-order valence-corrected chi connectivity index (χ3v) is 6.60. The van der Waals surface area contributed by atoms with Crippen LogP contribution in [0, 0.1) is 5.41 Å². The fourth-order valence-corrected chi connectivity index (χ4v) is 3.65. The van der Waals surface area contributed by atoms with E-state index in [0.717, 1.165) is 0 Å². The molecular formula is C18H16F12O11S. The van der Waals surface area contributed by atoms with Crippen molar-refractivity contribution < 1.29 is 104 Å². The lowest BCUT2D eigenvalue weighted by atomic mass is 9.90. The van der Waals surface area contributed by atoms with E-state index in [-0.39, 0.29) is 6.42 Å². The van der Waals surface area contributed by atoms with Crippen molar-refractivity contribution in [3.05, 3.63) is 0 Å². The number of rotatable bonds is 9. The predicted molar refractivity (Wildman–Crippen MR) is 101 cm³/mol. The Labute approximate surface area is 225 Å². The number of esters is 3. The van der Waals surface area contributed by atoms with E-state index in [4.69, 9.17) is 14.0 Å². The normalized spacial score (nSPS) is 21.6. The van der Waals surface area contributed by atoms with Gasteiger partial charge in [-0.05, 0) is 12.8 Å². The van der Waals surface area contributed by atoms with Crippen LogP contribution in [0.15, 0.2) is 0 Å². The van der Waals surface area contributed by atoms with Crippen molar-refractivity contribution in [3.8, 4) is 0 Å². The monoisotopic (exact) mass is 668 g/mol. The maximum Gasteiger partial charge on any atom is 0.465 e. The average Bonchev–Trinajstić information content (AvgIpc) is 3.21. The maximum atomic E-state index is 13.6. The summed E-state index contributed by atoms with van der Waals surface area (Å²) >= 11 is 0. The molecule has 1 saturated heterocycles. The molecule has 0 aromatic carbocycles. The molecule has 42 heavy (non-hydrogen) atoms. The van der Waals surface area contributed by atoms with Crippen LogP contribution in [0.1, 0.15) is 19.3 Å². The van der Waals surface area contributed by atoms with Crippen LogP contribution in [0.4, 0.5) is 52.7 Å². The van der Waals surface area contributed by atoms with Crippen molar-refractivity contribution in [1.82, 2.24) is 0 Å². The highest BCUT2D eigenvalue weighted by atomic mass is 32.2. The number of hydrogen-bond acceptors (Lipinski definition) is 10. The van der Waals surface area contributed by atoms with Crippen LogP contribution >= 0.6 is 0 Å². The molecule has 0 aromatic heterocycles. The van der Waals surface area contributed by atoms with Crippen LogP contribution in [-0.4, -0.2) is 98.6 Å². The number of carbonyl (C=O) groups is 3. The summed E-state index contributed by atoms with van der Waals surface area (Å²) in [6.07, 6.45) is -15.9. The Kier molecular flexibility index (Phi) is 9.45. The summed E-state index contributed by atoms with van der Waals surface area (Å²) in [6, 6.07) is 0. The van der Waals surface area contributed by atoms with E-state index in [2.05, 4.69) is 14.2 Å². The minimum atomic E-state index is -6.51. The molecule has 0 amide bonds. The molecule has 1 saturated carbocycles. The number of hydrogen-bond donors (Lipinski definition) is 1. The molecule has 1 atom stereocenters. The average molecular weight is 668 g/mol. The zero-order valence-electron chi connectivity index (χ0n) is 20.0. The fourth-order valence-electron chi connectivity index (χ4n) is 3.39. The van der Waals surface area contributed by atoms with Gasteiger partial charge in [-0.15, -0.1) is 0 Å². The van der Waals surface area contributed by atoms with Crippen molar-refractivity contribution >= 4 is 28.0 Å². The first-order valence-corrected chi connectivity index (χ1v) is 12.2. The van der Waals surface area contributed by atoms with Crippen molar-refractivity contribution in [3.63, 3.8) is 0 Å². The van der Waals surface area contributed by atoms with Gasteiger partial charge >= 0.3 is 57.5 Å². The van der Waals surface area contributed by atoms with Crippen LogP contribution in [0.25, 0.3) is 0 Å². The van der Waals surface area contributed by atoms with E-state index < -0.39 is 114 Å². The van der Waals surface area contributed by atoms with Gasteiger partial charge in [-0.3, -0.25) is 4.55 Å². The van der Waals surface area contributed by atoms with Crippen LogP contribution in [-0.2, 0) is 48.2 Å². The number of halogens is 12. The number of alkyl halides is 12. The van der Waals surface area contributed by atoms with Gasteiger partial charge in [0.25, 0.3) is 0 Å². The van der Waals surface area contributed by atoms with Gasteiger partial charge in [-0.25, -0.2) is 14.4 Å². The lowest BCUT2D eigenvalue weighted by Gasteiger charge is -2.46. The maximum absolute atomic E-state index is 13.6. The highest BCUT2D eigenvalue weighted by molar-refractivity contribution is 7.87. The van der Waals surface area contributed by atoms with E-state index in [1.807, 2.05) is 0 Å². The van der Waals surface area contributed by atoms with Crippen LogP contribution in [0.5, 0.6) is 0 Å². The summed E-state index contributed by atoms with van der Waals surface area (Å²) in [6.45, 7) is -6.12. The third-order valence-electron chi connectivity index (χ3n) is 5.78. The zero-order valence-corrected chi connectivity index (χ0v) is 20.8. The third kappa shape index (κ3) is 6.79. The Hall–Kier alpha value is -2.60. The largest absolute Gasteiger partial charge is 0.465 e. The van der Waals surface area contributed by atoms with E-state index >= 15 is 0 Å². The Balaban J connectivity index is 2.29. The zero-order chi connectivity index (χ0) is 32.8. The molecule has 0 bridgehead atoms. The molecule has 1 spiro atoms.